The number of terminal acetylenes is 1. The Morgan fingerprint density at radius 1 is 1.28 bits per heavy atom. The molecule has 3 nitrogen and oxygen atoms in total. The second kappa shape index (κ2) is 7.05. The van der Waals surface area contributed by atoms with E-state index in [1.807, 2.05) is 38.1 Å². The first kappa shape index (κ1) is 17.8. The highest BCUT2D eigenvalue weighted by Gasteiger charge is 2.14. The number of hydrogen-bond donors (Lipinski definition) is 0. The molecule has 0 bridgehead atoms. The zero-order valence-electron chi connectivity index (χ0n) is 13.6. The van der Waals surface area contributed by atoms with Crippen molar-refractivity contribution in [3.8, 4) is 12.3 Å². The summed E-state index contributed by atoms with van der Waals surface area (Å²) in [5.41, 5.74) is 3.16. The molecule has 0 N–H and O–H groups in total. The minimum atomic E-state index is -0.305. The normalized spacial score (nSPS) is 11.7. The van der Waals surface area contributed by atoms with Crippen molar-refractivity contribution >= 4 is 50.7 Å². The minimum absolute atomic E-state index is 0.249. The lowest BCUT2D eigenvalue weighted by Gasteiger charge is -2.04. The minimum Gasteiger partial charge on any atom is -0.303 e. The number of aryl methyl sites for hydroxylation is 2. The van der Waals surface area contributed by atoms with E-state index in [-0.39, 0.29) is 12.5 Å². The molecule has 1 heterocycles. The van der Waals surface area contributed by atoms with Crippen LogP contribution in [0.5, 0.6) is 0 Å². The van der Waals surface area contributed by atoms with E-state index in [1.54, 1.807) is 10.6 Å². The average Bonchev–Trinajstić information content (AvgIpc) is 2.92. The summed E-state index contributed by atoms with van der Waals surface area (Å²) < 4.78 is 2.62. The van der Waals surface area contributed by atoms with Crippen LogP contribution in [0.25, 0.3) is 10.2 Å². The molecule has 0 unspecified atom stereocenters. The largest absolute Gasteiger partial charge is 0.303 e. The fourth-order valence-corrected chi connectivity index (χ4v) is 4.05. The maximum atomic E-state index is 12.7. The summed E-state index contributed by atoms with van der Waals surface area (Å²) in [4.78, 5) is 17.5. The van der Waals surface area contributed by atoms with Gasteiger partial charge in [0.25, 0.3) is 5.91 Å². The first-order chi connectivity index (χ1) is 11.9. The van der Waals surface area contributed by atoms with Gasteiger partial charge in [0.05, 0.1) is 26.8 Å². The van der Waals surface area contributed by atoms with Gasteiger partial charge in [-0.05, 0) is 37.6 Å². The van der Waals surface area contributed by atoms with Gasteiger partial charge < -0.3 is 4.57 Å². The Morgan fingerprint density at radius 2 is 2.04 bits per heavy atom. The highest BCUT2D eigenvalue weighted by Crippen LogP contribution is 2.32. The molecular weight excluding hydrogens is 375 g/mol. The molecule has 0 aliphatic rings. The number of halogens is 2. The second-order valence-corrected chi connectivity index (χ2v) is 7.41. The van der Waals surface area contributed by atoms with E-state index in [4.69, 9.17) is 29.6 Å². The summed E-state index contributed by atoms with van der Waals surface area (Å²) in [6.45, 7) is 4.08. The molecule has 2 aromatic carbocycles. The quantitative estimate of drug-likeness (QED) is 0.568. The van der Waals surface area contributed by atoms with E-state index < -0.39 is 0 Å². The molecule has 0 aliphatic carbocycles. The van der Waals surface area contributed by atoms with Crippen molar-refractivity contribution in [1.82, 2.24) is 4.57 Å². The zero-order valence-corrected chi connectivity index (χ0v) is 16.0. The Labute approximate surface area is 159 Å². The number of carbonyl (C=O) groups excluding carboxylic acids is 1. The van der Waals surface area contributed by atoms with E-state index in [0.717, 1.165) is 15.8 Å². The molecule has 0 saturated heterocycles. The monoisotopic (exact) mass is 388 g/mol. The predicted octanol–water partition coefficient (Wildman–Crippen LogP) is 5.00. The van der Waals surface area contributed by atoms with Gasteiger partial charge in [0.1, 0.15) is 0 Å². The fourth-order valence-electron chi connectivity index (χ4n) is 2.54. The molecule has 0 saturated carbocycles. The van der Waals surface area contributed by atoms with Crippen molar-refractivity contribution in [3.63, 3.8) is 0 Å². The van der Waals surface area contributed by atoms with Gasteiger partial charge in [-0.3, -0.25) is 4.79 Å². The highest BCUT2D eigenvalue weighted by molar-refractivity contribution is 7.16. The maximum absolute atomic E-state index is 12.7. The Bertz CT molecular complexity index is 1100. The molecule has 126 valence electrons. The molecule has 3 aromatic rings. The van der Waals surface area contributed by atoms with Gasteiger partial charge in [0.15, 0.2) is 4.80 Å². The lowest BCUT2D eigenvalue weighted by Crippen LogP contribution is -2.17. The van der Waals surface area contributed by atoms with Crippen molar-refractivity contribution < 1.29 is 4.79 Å². The van der Waals surface area contributed by atoms with Crippen molar-refractivity contribution in [3.05, 3.63) is 61.9 Å². The van der Waals surface area contributed by atoms with Crippen molar-refractivity contribution in [1.29, 1.82) is 0 Å². The molecule has 6 heteroatoms. The molecule has 1 aromatic heterocycles. The topological polar surface area (TPSA) is 34.4 Å². The van der Waals surface area contributed by atoms with Crippen molar-refractivity contribution in [2.75, 3.05) is 0 Å². The van der Waals surface area contributed by atoms with Crippen LogP contribution >= 0.6 is 34.5 Å². The number of thiazole rings is 1. The van der Waals surface area contributed by atoms with E-state index in [2.05, 4.69) is 10.9 Å². The van der Waals surface area contributed by atoms with Gasteiger partial charge in [-0.2, -0.15) is 4.99 Å². The summed E-state index contributed by atoms with van der Waals surface area (Å²) in [5.74, 6) is 2.27. The summed E-state index contributed by atoms with van der Waals surface area (Å²) in [6, 6.07) is 9.28. The summed E-state index contributed by atoms with van der Waals surface area (Å²) in [7, 11) is 0. The number of hydrogen-bond acceptors (Lipinski definition) is 2. The number of nitrogens with zero attached hydrogens (tertiary/aromatic N) is 2. The number of benzene rings is 2. The number of aromatic nitrogens is 1. The standard InChI is InChI=1S/C19H14Cl2N2OS/c1-4-9-23-17-15(8-7-14(20)16(17)21)25-19(23)22-18(24)13-10-11(2)5-6-12(13)3/h1,5-8,10H,9H2,2-3H3. The molecule has 0 fully saturated rings. The summed E-state index contributed by atoms with van der Waals surface area (Å²) in [5, 5.41) is 0.844. The molecule has 25 heavy (non-hydrogen) atoms. The van der Waals surface area contributed by atoms with Crippen LogP contribution in [-0.4, -0.2) is 10.5 Å². The Morgan fingerprint density at radius 3 is 2.76 bits per heavy atom. The van der Waals surface area contributed by atoms with Crippen LogP contribution in [0.2, 0.25) is 10.0 Å². The maximum Gasteiger partial charge on any atom is 0.279 e. The van der Waals surface area contributed by atoms with Gasteiger partial charge in [-0.25, -0.2) is 0 Å². The second-order valence-electron chi connectivity index (χ2n) is 5.62. The van der Waals surface area contributed by atoms with Gasteiger partial charge in [0.2, 0.25) is 0 Å². The number of fused-ring (bicyclic) bond motifs is 1. The molecule has 3 rings (SSSR count). The van der Waals surface area contributed by atoms with Crippen LogP contribution < -0.4 is 4.80 Å². The Balaban J connectivity index is 2.24. The molecule has 0 spiro atoms. The molecule has 0 radical (unpaired) electrons. The average molecular weight is 389 g/mol. The zero-order chi connectivity index (χ0) is 18.1. The van der Waals surface area contributed by atoms with Crippen LogP contribution in [0.3, 0.4) is 0 Å². The lowest BCUT2D eigenvalue weighted by molar-refractivity contribution is 0.0997. The van der Waals surface area contributed by atoms with Crippen LogP contribution in [0, 0.1) is 26.2 Å². The predicted molar refractivity (Wildman–Crippen MR) is 104 cm³/mol. The van der Waals surface area contributed by atoms with E-state index in [9.17, 15) is 4.79 Å². The van der Waals surface area contributed by atoms with Crippen LogP contribution in [0.4, 0.5) is 0 Å². The van der Waals surface area contributed by atoms with Gasteiger partial charge in [-0.1, -0.05) is 58.2 Å². The number of amides is 1. The van der Waals surface area contributed by atoms with E-state index in [0.29, 0.717) is 25.9 Å². The van der Waals surface area contributed by atoms with Gasteiger partial charge >= 0.3 is 0 Å². The van der Waals surface area contributed by atoms with Crippen molar-refractivity contribution in [2.24, 2.45) is 4.99 Å². The van der Waals surface area contributed by atoms with Gasteiger partial charge in [-0.15, -0.1) is 6.42 Å². The summed E-state index contributed by atoms with van der Waals surface area (Å²) in [6.07, 6.45) is 5.48. The molecule has 0 aliphatic heterocycles. The third-order valence-corrected chi connectivity index (χ3v) is 5.64. The first-order valence-electron chi connectivity index (χ1n) is 7.49. The summed E-state index contributed by atoms with van der Waals surface area (Å²) >= 11 is 13.8. The SMILES string of the molecule is C#CCn1c(=NC(=O)c2cc(C)ccc2C)sc2ccc(Cl)c(Cl)c21. The van der Waals surface area contributed by atoms with E-state index >= 15 is 0 Å². The Hall–Kier alpha value is -2.06. The van der Waals surface area contributed by atoms with Crippen LogP contribution in [0.15, 0.2) is 35.3 Å². The highest BCUT2D eigenvalue weighted by atomic mass is 35.5. The molecule has 1 amide bonds. The van der Waals surface area contributed by atoms with Crippen molar-refractivity contribution in [2.45, 2.75) is 20.4 Å². The molecular formula is C19H14Cl2N2OS. The first-order valence-corrected chi connectivity index (χ1v) is 9.06. The van der Waals surface area contributed by atoms with Crippen LogP contribution in [-0.2, 0) is 6.54 Å². The lowest BCUT2D eigenvalue weighted by atomic mass is 10.1. The number of carbonyl (C=O) groups is 1. The van der Waals surface area contributed by atoms with Gasteiger partial charge in [0, 0.05) is 5.56 Å². The molecule has 0 atom stereocenters. The smallest absolute Gasteiger partial charge is 0.279 e. The van der Waals surface area contributed by atoms with Crippen LogP contribution in [0.1, 0.15) is 21.5 Å². The third-order valence-electron chi connectivity index (χ3n) is 3.80. The number of rotatable bonds is 2. The third kappa shape index (κ3) is 3.36. The van der Waals surface area contributed by atoms with E-state index in [1.165, 1.54) is 11.3 Å². The Kier molecular flexibility index (Phi) is 5.01. The fraction of sp³-hybridized carbons (Fsp3) is 0.158.